The first-order valence-corrected chi connectivity index (χ1v) is 9.09. The van der Waals surface area contributed by atoms with Gasteiger partial charge in [-0.3, -0.25) is 9.59 Å². The van der Waals surface area contributed by atoms with Crippen LogP contribution in [-0.4, -0.2) is 11.8 Å². The summed E-state index contributed by atoms with van der Waals surface area (Å²) in [6.07, 6.45) is -4.48. The summed E-state index contributed by atoms with van der Waals surface area (Å²) in [7, 11) is 0. The van der Waals surface area contributed by atoms with Gasteiger partial charge in [0.1, 0.15) is 5.76 Å². The van der Waals surface area contributed by atoms with E-state index >= 15 is 0 Å². The van der Waals surface area contributed by atoms with Gasteiger partial charge in [0.25, 0.3) is 5.91 Å². The summed E-state index contributed by atoms with van der Waals surface area (Å²) in [5, 5.41) is 5.21. The van der Waals surface area contributed by atoms with Crippen molar-refractivity contribution in [3.8, 4) is 11.3 Å². The number of halogens is 4. The van der Waals surface area contributed by atoms with E-state index in [2.05, 4.69) is 26.6 Å². The Hall–Kier alpha value is -3.07. The highest BCUT2D eigenvalue weighted by molar-refractivity contribution is 9.10. The molecule has 1 heterocycles. The molecule has 2 aromatic carbocycles. The van der Waals surface area contributed by atoms with Crippen molar-refractivity contribution in [2.45, 2.75) is 13.1 Å². The van der Waals surface area contributed by atoms with Crippen LogP contribution in [0.4, 0.5) is 24.5 Å². The van der Waals surface area contributed by atoms with Crippen molar-refractivity contribution in [3.05, 3.63) is 70.4 Å². The zero-order chi connectivity index (χ0) is 21.2. The van der Waals surface area contributed by atoms with E-state index in [0.717, 1.165) is 12.1 Å². The molecule has 0 unspecified atom stereocenters. The first kappa shape index (κ1) is 20.7. The highest BCUT2D eigenvalue weighted by Crippen LogP contribution is 2.33. The molecule has 0 bridgehead atoms. The molecule has 3 rings (SSSR count). The zero-order valence-electron chi connectivity index (χ0n) is 14.9. The summed E-state index contributed by atoms with van der Waals surface area (Å²) in [4.78, 5) is 23.9. The third-order valence-corrected chi connectivity index (χ3v) is 4.34. The average Bonchev–Trinajstić information content (AvgIpc) is 3.13. The fourth-order valence-electron chi connectivity index (χ4n) is 2.57. The number of amides is 2. The number of benzene rings is 2. The Morgan fingerprint density at radius 2 is 1.72 bits per heavy atom. The number of anilines is 2. The van der Waals surface area contributed by atoms with E-state index in [1.165, 1.54) is 31.2 Å². The molecule has 1 aromatic heterocycles. The molecule has 0 aliphatic carbocycles. The van der Waals surface area contributed by atoms with Crippen LogP contribution in [0.3, 0.4) is 0 Å². The lowest BCUT2D eigenvalue weighted by Gasteiger charge is -2.11. The molecule has 0 atom stereocenters. The maximum absolute atomic E-state index is 12.9. The summed E-state index contributed by atoms with van der Waals surface area (Å²) in [6, 6.07) is 12.3. The quantitative estimate of drug-likeness (QED) is 0.499. The van der Waals surface area contributed by atoms with Crippen molar-refractivity contribution < 1.29 is 27.2 Å². The van der Waals surface area contributed by atoms with Crippen LogP contribution in [-0.2, 0) is 11.0 Å². The first-order chi connectivity index (χ1) is 13.6. The van der Waals surface area contributed by atoms with Crippen LogP contribution in [0.5, 0.6) is 0 Å². The lowest BCUT2D eigenvalue weighted by atomic mass is 10.1. The molecular weight excluding hydrogens is 453 g/mol. The normalized spacial score (nSPS) is 11.2. The van der Waals surface area contributed by atoms with E-state index < -0.39 is 17.6 Å². The standard InChI is InChI=1S/C20H14BrF3N2O3/c1-11(27)25-15-6-5-14(21)10-16(15)26-19(28)18-8-7-17(29-18)12-3-2-4-13(9-12)20(22,23)24/h2-10H,1H3,(H,25,27)(H,26,28). The third kappa shape index (κ3) is 5.05. The minimum atomic E-state index is -4.48. The molecule has 0 saturated carbocycles. The molecule has 9 heteroatoms. The van der Waals surface area contributed by atoms with Gasteiger partial charge in [0.2, 0.25) is 5.91 Å². The van der Waals surface area contributed by atoms with Gasteiger partial charge in [-0.05, 0) is 42.5 Å². The Balaban J connectivity index is 1.84. The van der Waals surface area contributed by atoms with Gasteiger partial charge in [0.15, 0.2) is 5.76 Å². The molecule has 0 fully saturated rings. The van der Waals surface area contributed by atoms with Gasteiger partial charge in [-0.25, -0.2) is 0 Å². The third-order valence-electron chi connectivity index (χ3n) is 3.84. The van der Waals surface area contributed by atoms with Crippen molar-refractivity contribution in [2.24, 2.45) is 0 Å². The molecule has 0 aliphatic rings. The molecule has 2 amide bonds. The monoisotopic (exact) mass is 466 g/mol. The van der Waals surface area contributed by atoms with Gasteiger partial charge in [-0.1, -0.05) is 28.1 Å². The molecular formula is C20H14BrF3N2O3. The van der Waals surface area contributed by atoms with Crippen LogP contribution in [0, 0.1) is 0 Å². The molecule has 0 saturated heterocycles. The van der Waals surface area contributed by atoms with Crippen molar-refractivity contribution in [1.29, 1.82) is 0 Å². The molecule has 150 valence electrons. The van der Waals surface area contributed by atoms with Gasteiger partial charge >= 0.3 is 6.18 Å². The SMILES string of the molecule is CC(=O)Nc1ccc(Br)cc1NC(=O)c1ccc(-c2cccc(C(F)(F)F)c2)o1. The fraction of sp³-hybridized carbons (Fsp3) is 0.100. The minimum absolute atomic E-state index is 0.0915. The second kappa shape index (κ2) is 8.12. The topological polar surface area (TPSA) is 71.3 Å². The maximum atomic E-state index is 12.9. The Bertz CT molecular complexity index is 1080. The van der Waals surface area contributed by atoms with Crippen LogP contribution < -0.4 is 10.6 Å². The molecule has 0 radical (unpaired) electrons. The largest absolute Gasteiger partial charge is 0.451 e. The number of hydrogen-bond acceptors (Lipinski definition) is 3. The Morgan fingerprint density at radius 3 is 2.41 bits per heavy atom. The summed E-state index contributed by atoms with van der Waals surface area (Å²) in [5.74, 6) is -0.899. The van der Waals surface area contributed by atoms with Crippen molar-refractivity contribution in [3.63, 3.8) is 0 Å². The number of hydrogen-bond donors (Lipinski definition) is 2. The Kier molecular flexibility index (Phi) is 5.78. The van der Waals surface area contributed by atoms with Crippen molar-refractivity contribution in [1.82, 2.24) is 0 Å². The molecule has 5 nitrogen and oxygen atoms in total. The van der Waals surface area contributed by atoms with Crippen molar-refractivity contribution >= 4 is 39.1 Å². The molecule has 0 spiro atoms. The maximum Gasteiger partial charge on any atom is 0.416 e. The second-order valence-corrected chi connectivity index (χ2v) is 6.98. The average molecular weight is 467 g/mol. The number of carbonyl (C=O) groups excluding carboxylic acids is 2. The van der Waals surface area contributed by atoms with E-state index in [1.807, 2.05) is 0 Å². The first-order valence-electron chi connectivity index (χ1n) is 8.29. The highest BCUT2D eigenvalue weighted by Gasteiger charge is 2.30. The Morgan fingerprint density at radius 1 is 0.966 bits per heavy atom. The predicted molar refractivity (Wildman–Crippen MR) is 106 cm³/mol. The highest BCUT2D eigenvalue weighted by atomic mass is 79.9. The van der Waals surface area contributed by atoms with Crippen LogP contribution in [0.15, 0.2) is 63.5 Å². The van der Waals surface area contributed by atoms with Gasteiger partial charge < -0.3 is 15.1 Å². The zero-order valence-corrected chi connectivity index (χ0v) is 16.5. The van der Waals surface area contributed by atoms with Crippen LogP contribution in [0.2, 0.25) is 0 Å². The number of alkyl halides is 3. The van der Waals surface area contributed by atoms with Gasteiger partial charge in [-0.2, -0.15) is 13.2 Å². The summed E-state index contributed by atoms with van der Waals surface area (Å²) in [5.41, 5.74) is 0.0991. The van der Waals surface area contributed by atoms with Gasteiger partial charge in [0.05, 0.1) is 16.9 Å². The number of rotatable bonds is 4. The number of carbonyl (C=O) groups is 2. The van der Waals surface area contributed by atoms with E-state index in [-0.39, 0.29) is 23.0 Å². The van der Waals surface area contributed by atoms with E-state index in [0.29, 0.717) is 15.8 Å². The summed E-state index contributed by atoms with van der Waals surface area (Å²) in [6.45, 7) is 1.33. The fourth-order valence-corrected chi connectivity index (χ4v) is 2.93. The Labute approximate surface area is 172 Å². The van der Waals surface area contributed by atoms with Crippen LogP contribution in [0.1, 0.15) is 23.0 Å². The molecule has 3 aromatic rings. The van der Waals surface area contributed by atoms with E-state index in [9.17, 15) is 22.8 Å². The lowest BCUT2D eigenvalue weighted by Crippen LogP contribution is -2.14. The summed E-state index contributed by atoms with van der Waals surface area (Å²) < 4.78 is 44.8. The number of furan rings is 1. The van der Waals surface area contributed by atoms with Gasteiger partial charge in [0, 0.05) is 17.0 Å². The van der Waals surface area contributed by atoms with Crippen molar-refractivity contribution in [2.75, 3.05) is 10.6 Å². The molecule has 29 heavy (non-hydrogen) atoms. The lowest BCUT2D eigenvalue weighted by molar-refractivity contribution is -0.137. The van der Waals surface area contributed by atoms with Crippen LogP contribution in [0.25, 0.3) is 11.3 Å². The van der Waals surface area contributed by atoms with E-state index in [1.54, 1.807) is 18.2 Å². The van der Waals surface area contributed by atoms with Crippen LogP contribution >= 0.6 is 15.9 Å². The second-order valence-electron chi connectivity index (χ2n) is 6.07. The molecule has 2 N–H and O–H groups in total. The molecule has 0 aliphatic heterocycles. The minimum Gasteiger partial charge on any atom is -0.451 e. The van der Waals surface area contributed by atoms with Gasteiger partial charge in [-0.15, -0.1) is 0 Å². The smallest absolute Gasteiger partial charge is 0.416 e. The number of nitrogens with one attached hydrogen (secondary N) is 2. The van der Waals surface area contributed by atoms with E-state index in [4.69, 9.17) is 4.42 Å². The summed E-state index contributed by atoms with van der Waals surface area (Å²) >= 11 is 3.29. The predicted octanol–water partition coefficient (Wildman–Crippen LogP) is 5.94.